The summed E-state index contributed by atoms with van der Waals surface area (Å²) in [6, 6.07) is 0.389. The highest BCUT2D eigenvalue weighted by atomic mass is 16.5. The SMILES string of the molecule is CCN(CCOC)CC1CC(C)(C)CCC1N. The van der Waals surface area contributed by atoms with Gasteiger partial charge in [-0.15, -0.1) is 0 Å². The fourth-order valence-corrected chi connectivity index (χ4v) is 2.89. The lowest BCUT2D eigenvalue weighted by Crippen LogP contribution is -2.45. The van der Waals surface area contributed by atoms with E-state index in [9.17, 15) is 0 Å². The van der Waals surface area contributed by atoms with E-state index in [0.717, 1.165) is 26.2 Å². The van der Waals surface area contributed by atoms with Crippen LogP contribution < -0.4 is 5.73 Å². The summed E-state index contributed by atoms with van der Waals surface area (Å²) in [7, 11) is 1.77. The van der Waals surface area contributed by atoms with Gasteiger partial charge in [0.1, 0.15) is 0 Å². The molecule has 1 aliphatic carbocycles. The van der Waals surface area contributed by atoms with Crippen LogP contribution in [0, 0.1) is 11.3 Å². The lowest BCUT2D eigenvalue weighted by Gasteiger charge is -2.41. The van der Waals surface area contributed by atoms with Gasteiger partial charge in [-0.3, -0.25) is 0 Å². The Morgan fingerprint density at radius 1 is 1.41 bits per heavy atom. The molecule has 0 heterocycles. The minimum atomic E-state index is 0.389. The maximum Gasteiger partial charge on any atom is 0.0589 e. The standard InChI is InChI=1S/C14H30N2O/c1-5-16(8-9-17-4)11-12-10-14(2,3)7-6-13(12)15/h12-13H,5-11,15H2,1-4H3. The zero-order valence-electron chi connectivity index (χ0n) is 12.0. The molecule has 102 valence electrons. The first-order chi connectivity index (χ1) is 7.98. The molecule has 0 saturated heterocycles. The van der Waals surface area contributed by atoms with Crippen molar-refractivity contribution in [3.63, 3.8) is 0 Å². The van der Waals surface area contributed by atoms with Gasteiger partial charge in [0, 0.05) is 26.2 Å². The molecule has 17 heavy (non-hydrogen) atoms. The van der Waals surface area contributed by atoms with Gasteiger partial charge < -0.3 is 15.4 Å². The Labute approximate surface area is 107 Å². The maximum atomic E-state index is 6.27. The number of likely N-dealkylation sites (N-methyl/N-ethyl adjacent to an activating group) is 1. The summed E-state index contributed by atoms with van der Waals surface area (Å²) in [6.07, 6.45) is 3.71. The zero-order chi connectivity index (χ0) is 12.9. The van der Waals surface area contributed by atoms with E-state index in [2.05, 4.69) is 25.7 Å². The van der Waals surface area contributed by atoms with Crippen LogP contribution in [-0.4, -0.2) is 44.3 Å². The smallest absolute Gasteiger partial charge is 0.0589 e. The Balaban J connectivity index is 2.46. The summed E-state index contributed by atoms with van der Waals surface area (Å²) < 4.78 is 5.16. The largest absolute Gasteiger partial charge is 0.383 e. The van der Waals surface area contributed by atoms with Crippen molar-refractivity contribution in [3.8, 4) is 0 Å². The Morgan fingerprint density at radius 3 is 2.71 bits per heavy atom. The van der Waals surface area contributed by atoms with Crippen molar-refractivity contribution in [2.24, 2.45) is 17.1 Å². The van der Waals surface area contributed by atoms with Gasteiger partial charge >= 0.3 is 0 Å². The number of nitrogens with two attached hydrogens (primary N) is 1. The highest BCUT2D eigenvalue weighted by Crippen LogP contribution is 2.38. The molecule has 3 nitrogen and oxygen atoms in total. The number of nitrogens with zero attached hydrogens (tertiary/aromatic N) is 1. The van der Waals surface area contributed by atoms with Crippen molar-refractivity contribution in [2.75, 3.05) is 33.4 Å². The molecule has 2 atom stereocenters. The third-order valence-electron chi connectivity index (χ3n) is 4.13. The van der Waals surface area contributed by atoms with Gasteiger partial charge in [0.05, 0.1) is 6.61 Å². The normalized spacial score (nSPS) is 28.6. The number of hydrogen-bond acceptors (Lipinski definition) is 3. The molecule has 1 aliphatic rings. The van der Waals surface area contributed by atoms with Gasteiger partial charge in [-0.1, -0.05) is 20.8 Å². The molecule has 1 rings (SSSR count). The van der Waals surface area contributed by atoms with Crippen LogP contribution in [0.3, 0.4) is 0 Å². The van der Waals surface area contributed by atoms with Crippen LogP contribution in [0.25, 0.3) is 0 Å². The van der Waals surface area contributed by atoms with Crippen LogP contribution in [0.5, 0.6) is 0 Å². The van der Waals surface area contributed by atoms with E-state index in [1.165, 1.54) is 19.3 Å². The summed E-state index contributed by atoms with van der Waals surface area (Å²) in [5.41, 5.74) is 6.75. The van der Waals surface area contributed by atoms with Crippen LogP contribution in [-0.2, 0) is 4.74 Å². The van der Waals surface area contributed by atoms with Gasteiger partial charge in [0.25, 0.3) is 0 Å². The predicted octanol–water partition coefficient (Wildman–Crippen LogP) is 2.11. The zero-order valence-corrected chi connectivity index (χ0v) is 12.0. The highest BCUT2D eigenvalue weighted by molar-refractivity contribution is 4.88. The quantitative estimate of drug-likeness (QED) is 0.775. The first-order valence-corrected chi connectivity index (χ1v) is 6.95. The van der Waals surface area contributed by atoms with Crippen LogP contribution in [0.1, 0.15) is 40.0 Å². The molecule has 0 spiro atoms. The molecule has 0 radical (unpaired) electrons. The highest BCUT2D eigenvalue weighted by Gasteiger charge is 2.33. The van der Waals surface area contributed by atoms with Crippen LogP contribution in [0.2, 0.25) is 0 Å². The topological polar surface area (TPSA) is 38.5 Å². The van der Waals surface area contributed by atoms with Gasteiger partial charge in [0.15, 0.2) is 0 Å². The Hall–Kier alpha value is -0.120. The van der Waals surface area contributed by atoms with Crippen molar-refractivity contribution < 1.29 is 4.74 Å². The van der Waals surface area contributed by atoms with Gasteiger partial charge in [-0.25, -0.2) is 0 Å². The molecular weight excluding hydrogens is 212 g/mol. The van der Waals surface area contributed by atoms with Crippen molar-refractivity contribution in [3.05, 3.63) is 0 Å². The predicted molar refractivity (Wildman–Crippen MR) is 73.1 cm³/mol. The van der Waals surface area contributed by atoms with Crippen molar-refractivity contribution in [1.29, 1.82) is 0 Å². The molecule has 0 amide bonds. The molecule has 1 fully saturated rings. The molecule has 0 bridgehead atoms. The van der Waals surface area contributed by atoms with Gasteiger partial charge in [-0.2, -0.15) is 0 Å². The molecule has 0 aromatic carbocycles. The average Bonchev–Trinajstić information content (AvgIpc) is 2.28. The van der Waals surface area contributed by atoms with E-state index >= 15 is 0 Å². The van der Waals surface area contributed by atoms with Crippen molar-refractivity contribution in [2.45, 2.75) is 46.1 Å². The minimum Gasteiger partial charge on any atom is -0.383 e. The number of methoxy groups -OCH3 is 1. The first kappa shape index (κ1) is 14.9. The second-order valence-corrected chi connectivity index (χ2v) is 6.22. The fraction of sp³-hybridized carbons (Fsp3) is 1.00. The third-order valence-corrected chi connectivity index (χ3v) is 4.13. The molecule has 0 aromatic heterocycles. The second-order valence-electron chi connectivity index (χ2n) is 6.22. The summed E-state index contributed by atoms with van der Waals surface area (Å²) in [5.74, 6) is 0.649. The Kier molecular flexibility index (Phi) is 5.90. The van der Waals surface area contributed by atoms with E-state index in [0.29, 0.717) is 17.4 Å². The van der Waals surface area contributed by atoms with Crippen LogP contribution in [0.15, 0.2) is 0 Å². The molecule has 1 saturated carbocycles. The average molecular weight is 242 g/mol. The van der Waals surface area contributed by atoms with Crippen LogP contribution in [0.4, 0.5) is 0 Å². The Morgan fingerprint density at radius 2 is 2.12 bits per heavy atom. The van der Waals surface area contributed by atoms with E-state index in [-0.39, 0.29) is 0 Å². The maximum absolute atomic E-state index is 6.27. The molecule has 2 unspecified atom stereocenters. The first-order valence-electron chi connectivity index (χ1n) is 6.95. The summed E-state index contributed by atoms with van der Waals surface area (Å²) >= 11 is 0. The van der Waals surface area contributed by atoms with Crippen molar-refractivity contribution >= 4 is 0 Å². The second kappa shape index (κ2) is 6.72. The monoisotopic (exact) mass is 242 g/mol. The number of rotatable bonds is 6. The van der Waals surface area contributed by atoms with Gasteiger partial charge in [-0.05, 0) is 37.1 Å². The van der Waals surface area contributed by atoms with E-state index < -0.39 is 0 Å². The van der Waals surface area contributed by atoms with E-state index in [1.807, 2.05) is 0 Å². The summed E-state index contributed by atoms with van der Waals surface area (Å²) in [5, 5.41) is 0. The molecule has 2 N–H and O–H groups in total. The molecule has 0 aliphatic heterocycles. The number of ether oxygens (including phenoxy) is 1. The van der Waals surface area contributed by atoms with E-state index in [4.69, 9.17) is 10.5 Å². The lowest BCUT2D eigenvalue weighted by molar-refractivity contribution is 0.0964. The summed E-state index contributed by atoms with van der Waals surface area (Å²) in [6.45, 7) is 11.0. The third kappa shape index (κ3) is 4.94. The van der Waals surface area contributed by atoms with Crippen molar-refractivity contribution in [1.82, 2.24) is 4.90 Å². The van der Waals surface area contributed by atoms with Crippen LogP contribution >= 0.6 is 0 Å². The molecular formula is C14H30N2O. The summed E-state index contributed by atoms with van der Waals surface area (Å²) in [4.78, 5) is 2.47. The number of hydrogen-bond donors (Lipinski definition) is 1. The fourth-order valence-electron chi connectivity index (χ4n) is 2.89. The molecule has 0 aromatic rings. The molecule has 3 heteroatoms. The minimum absolute atomic E-state index is 0.389. The van der Waals surface area contributed by atoms with E-state index in [1.54, 1.807) is 7.11 Å². The lowest BCUT2D eigenvalue weighted by atomic mass is 9.70. The van der Waals surface area contributed by atoms with Gasteiger partial charge in [0.2, 0.25) is 0 Å². The Bertz CT molecular complexity index is 218.